The Bertz CT molecular complexity index is 1500. The van der Waals surface area contributed by atoms with Crippen molar-refractivity contribution in [1.29, 1.82) is 0 Å². The summed E-state index contributed by atoms with van der Waals surface area (Å²) in [6.07, 6.45) is 0.405. The van der Waals surface area contributed by atoms with Gasteiger partial charge >= 0.3 is 11.9 Å². The van der Waals surface area contributed by atoms with Gasteiger partial charge in [-0.1, -0.05) is 0 Å². The number of hydrogen-bond donors (Lipinski definition) is 5. The lowest BCUT2D eigenvalue weighted by atomic mass is 9.66. The van der Waals surface area contributed by atoms with Crippen molar-refractivity contribution in [3.8, 4) is 11.5 Å². The summed E-state index contributed by atoms with van der Waals surface area (Å²) in [5, 5.41) is 48.2. The van der Waals surface area contributed by atoms with Gasteiger partial charge in [-0.15, -0.1) is 0 Å². The predicted octanol–water partition coefficient (Wildman–Crippen LogP) is 3.66. The van der Waals surface area contributed by atoms with E-state index in [0.29, 0.717) is 42.2 Å². The van der Waals surface area contributed by atoms with Gasteiger partial charge in [0.25, 0.3) is 5.69 Å². The Morgan fingerprint density at radius 1 is 1.00 bits per heavy atom. The van der Waals surface area contributed by atoms with Crippen molar-refractivity contribution >= 4 is 29.2 Å². The number of unbranched alkanes of at least 4 members (excludes halogenated alkanes) is 1. The average Bonchev–Trinajstić information content (AvgIpc) is 2.98. The van der Waals surface area contributed by atoms with Crippen molar-refractivity contribution in [3.63, 3.8) is 0 Å². The number of carbonyl (C=O) groups excluding carboxylic acids is 1. The highest BCUT2D eigenvalue weighted by atomic mass is 16.6. The van der Waals surface area contributed by atoms with Gasteiger partial charge in [0.2, 0.25) is 5.91 Å². The van der Waals surface area contributed by atoms with E-state index in [1.165, 1.54) is 36.9 Å². The van der Waals surface area contributed by atoms with E-state index in [-0.39, 0.29) is 53.8 Å². The molecule has 2 aromatic rings. The molecule has 46 heavy (non-hydrogen) atoms. The molecule has 0 aliphatic carbocycles. The third-order valence-electron chi connectivity index (χ3n) is 7.87. The molecule has 0 spiro atoms. The zero-order valence-corrected chi connectivity index (χ0v) is 26.5. The molecule has 14 nitrogen and oxygen atoms in total. The Labute approximate surface area is 266 Å². The number of rotatable bonds is 16. The van der Waals surface area contributed by atoms with Crippen LogP contribution in [0.15, 0.2) is 65.0 Å². The lowest BCUT2D eigenvalue weighted by molar-refractivity contribution is -0.385. The molecule has 0 saturated heterocycles. The molecule has 1 unspecified atom stereocenters. The minimum absolute atomic E-state index is 0.0611. The molecule has 0 saturated carbocycles. The minimum atomic E-state index is -1.77. The number of anilines is 1. The van der Waals surface area contributed by atoms with Crippen LogP contribution in [0.3, 0.4) is 0 Å². The van der Waals surface area contributed by atoms with Crippen LogP contribution in [-0.2, 0) is 19.8 Å². The number of non-ortho nitro benzene ring substituents is 1. The zero-order valence-electron chi connectivity index (χ0n) is 26.5. The van der Waals surface area contributed by atoms with E-state index in [9.17, 15) is 39.8 Å². The van der Waals surface area contributed by atoms with E-state index in [2.05, 4.69) is 10.6 Å². The van der Waals surface area contributed by atoms with Crippen LogP contribution in [0.1, 0.15) is 46.1 Å². The fraction of sp³-hybridized carbons (Fsp3) is 0.406. The average molecular weight is 641 g/mol. The Morgan fingerprint density at radius 3 is 2.15 bits per heavy atom. The first-order valence-electron chi connectivity index (χ1n) is 14.6. The van der Waals surface area contributed by atoms with Crippen molar-refractivity contribution in [2.45, 2.75) is 52.1 Å². The van der Waals surface area contributed by atoms with Crippen LogP contribution in [0.4, 0.5) is 11.4 Å². The number of benzene rings is 2. The third kappa shape index (κ3) is 8.20. The number of nitrogens with one attached hydrogen (secondary N) is 2. The van der Waals surface area contributed by atoms with E-state index in [1.54, 1.807) is 45.2 Å². The molecule has 5 N–H and O–H groups in total. The van der Waals surface area contributed by atoms with Crippen molar-refractivity contribution in [1.82, 2.24) is 10.2 Å². The Balaban J connectivity index is 1.63. The molecule has 1 atom stereocenters. The molecule has 0 radical (unpaired) electrons. The van der Waals surface area contributed by atoms with Crippen LogP contribution < -0.4 is 20.1 Å². The second-order valence-corrected chi connectivity index (χ2v) is 11.1. The van der Waals surface area contributed by atoms with E-state index >= 15 is 0 Å². The SMILES string of the molecule is CC(=O)Nc1ccc(OCC(O)CNCCCCOc2ccc([N+](=O)[O-])cc2C2(C)C(C(=O)O)=C(C)N(C)C(C)=C2C(=O)O)cc1. The second kappa shape index (κ2) is 15.4. The number of aliphatic hydroxyl groups is 1. The van der Waals surface area contributed by atoms with Crippen molar-refractivity contribution in [2.75, 3.05) is 38.7 Å². The number of hydrogen-bond acceptors (Lipinski definition) is 10. The summed E-state index contributed by atoms with van der Waals surface area (Å²) in [7, 11) is 1.57. The predicted molar refractivity (Wildman–Crippen MR) is 169 cm³/mol. The molecular weight excluding hydrogens is 600 g/mol. The summed E-state index contributed by atoms with van der Waals surface area (Å²) < 4.78 is 11.6. The first-order chi connectivity index (χ1) is 21.7. The molecule has 248 valence electrons. The van der Waals surface area contributed by atoms with Gasteiger partial charge in [0.15, 0.2) is 0 Å². The first-order valence-corrected chi connectivity index (χ1v) is 14.6. The molecule has 14 heteroatoms. The van der Waals surface area contributed by atoms with Crippen LogP contribution in [0.5, 0.6) is 11.5 Å². The molecule has 1 heterocycles. The fourth-order valence-electron chi connectivity index (χ4n) is 5.48. The summed E-state index contributed by atoms with van der Waals surface area (Å²) in [6, 6.07) is 10.5. The Kier molecular flexibility index (Phi) is 11.9. The van der Waals surface area contributed by atoms with Crippen LogP contribution >= 0.6 is 0 Å². The number of aliphatic carboxylic acids is 2. The minimum Gasteiger partial charge on any atom is -0.493 e. The van der Waals surface area contributed by atoms with Gasteiger partial charge in [0.1, 0.15) is 24.2 Å². The van der Waals surface area contributed by atoms with Crippen LogP contribution in [0, 0.1) is 10.1 Å². The number of nitro benzene ring substituents is 1. The molecular formula is C32H40N4O10. The normalized spacial score (nSPS) is 15.0. The van der Waals surface area contributed by atoms with Crippen LogP contribution in [-0.4, -0.2) is 82.4 Å². The fourth-order valence-corrected chi connectivity index (χ4v) is 5.48. The van der Waals surface area contributed by atoms with Crippen LogP contribution in [0.2, 0.25) is 0 Å². The number of carboxylic acids is 2. The largest absolute Gasteiger partial charge is 0.493 e. The molecule has 1 aliphatic rings. The van der Waals surface area contributed by atoms with Gasteiger partial charge in [-0.25, -0.2) is 9.59 Å². The van der Waals surface area contributed by atoms with E-state index in [0.717, 1.165) is 0 Å². The number of nitrogens with zero attached hydrogens (tertiary/aromatic N) is 2. The summed E-state index contributed by atoms with van der Waals surface area (Å²) in [5.74, 6) is -2.19. The maximum Gasteiger partial charge on any atom is 0.334 e. The molecule has 1 amide bonds. The highest BCUT2D eigenvalue weighted by Gasteiger charge is 2.50. The van der Waals surface area contributed by atoms with E-state index in [1.807, 2.05) is 0 Å². The van der Waals surface area contributed by atoms with Gasteiger partial charge < -0.3 is 40.3 Å². The molecule has 1 aliphatic heterocycles. The summed E-state index contributed by atoms with van der Waals surface area (Å²) in [4.78, 5) is 48.8. The van der Waals surface area contributed by atoms with Gasteiger partial charge in [0.05, 0.1) is 28.1 Å². The smallest absolute Gasteiger partial charge is 0.334 e. The number of amides is 1. The number of aliphatic hydroxyl groups excluding tert-OH is 1. The second-order valence-electron chi connectivity index (χ2n) is 11.1. The van der Waals surface area contributed by atoms with Crippen LogP contribution in [0.25, 0.3) is 0 Å². The highest BCUT2D eigenvalue weighted by Crippen LogP contribution is 2.50. The summed E-state index contributed by atoms with van der Waals surface area (Å²) in [5.41, 5.74) is -1.25. The zero-order chi connectivity index (χ0) is 34.2. The summed E-state index contributed by atoms with van der Waals surface area (Å²) >= 11 is 0. The first kappa shape index (κ1) is 35.5. The van der Waals surface area contributed by atoms with E-state index in [4.69, 9.17) is 9.47 Å². The van der Waals surface area contributed by atoms with Gasteiger partial charge in [-0.2, -0.15) is 0 Å². The van der Waals surface area contributed by atoms with Gasteiger partial charge in [0, 0.05) is 55.3 Å². The monoisotopic (exact) mass is 640 g/mol. The number of carbonyl (C=O) groups is 3. The third-order valence-corrected chi connectivity index (χ3v) is 7.87. The number of carboxylic acid groups (broad SMARTS) is 2. The molecule has 0 bridgehead atoms. The Hall–Kier alpha value is -4.95. The maximum atomic E-state index is 12.6. The topological polar surface area (TPSA) is 201 Å². The number of allylic oxidation sites excluding steroid dienone is 2. The lowest BCUT2D eigenvalue weighted by Gasteiger charge is -2.42. The van der Waals surface area contributed by atoms with Crippen molar-refractivity contribution in [2.24, 2.45) is 0 Å². The number of nitro groups is 1. The maximum absolute atomic E-state index is 12.6. The highest BCUT2D eigenvalue weighted by molar-refractivity contribution is 6.00. The molecule has 3 rings (SSSR count). The van der Waals surface area contributed by atoms with E-state index < -0.39 is 28.4 Å². The standard InChI is InChI=1S/C32H40N4O10/c1-19-28(30(39)40)32(4,29(31(41)42)20(2)35(19)5)26-16-23(36(43)44)10-13-27(26)45-15-7-6-14-33-17-24(38)18-46-25-11-8-22(9-12-25)34-21(3)37/h8-13,16,24,33,38H,6-7,14-15,17-18H2,1-5H3,(H,34,37)(H,39,40)(H,41,42). The van der Waals surface area contributed by atoms with Gasteiger partial charge in [-0.05, 0) is 70.5 Å². The van der Waals surface area contributed by atoms with Gasteiger partial charge in [-0.3, -0.25) is 14.9 Å². The molecule has 0 fully saturated rings. The van der Waals surface area contributed by atoms with Crippen molar-refractivity contribution in [3.05, 3.63) is 80.7 Å². The number of ether oxygens (including phenoxy) is 2. The quantitative estimate of drug-likeness (QED) is 0.101. The molecule has 2 aromatic carbocycles. The summed E-state index contributed by atoms with van der Waals surface area (Å²) in [6.45, 7) is 7.02. The van der Waals surface area contributed by atoms with Crippen molar-refractivity contribution < 1.29 is 44.1 Å². The Morgan fingerprint density at radius 2 is 1.61 bits per heavy atom. The molecule has 0 aromatic heterocycles. The lowest BCUT2D eigenvalue weighted by Crippen LogP contribution is -2.43.